The Morgan fingerprint density at radius 2 is 2.12 bits per heavy atom. The van der Waals surface area contributed by atoms with E-state index in [0.717, 1.165) is 0 Å². The minimum atomic E-state index is -4.64. The number of aromatic nitrogens is 3. The largest absolute Gasteiger partial charge is 0.453 e. The zero-order valence-corrected chi connectivity index (χ0v) is 12.8. The van der Waals surface area contributed by atoms with Crippen LogP contribution in [0.2, 0.25) is 0 Å². The second-order valence-corrected chi connectivity index (χ2v) is 5.04. The van der Waals surface area contributed by atoms with Gasteiger partial charge in [0.05, 0.1) is 24.0 Å². The lowest BCUT2D eigenvalue weighted by molar-refractivity contribution is -0.137. The van der Waals surface area contributed by atoms with Crippen molar-refractivity contribution < 1.29 is 22.7 Å². The van der Waals surface area contributed by atoms with Gasteiger partial charge in [-0.15, -0.1) is 0 Å². The normalized spacial score (nSPS) is 11.5. The van der Waals surface area contributed by atoms with Crippen LogP contribution in [0.1, 0.15) is 5.56 Å². The number of nitrogens with two attached hydrogens (primary N) is 1. The molecule has 0 spiro atoms. The van der Waals surface area contributed by atoms with Crippen LogP contribution in [0.5, 0.6) is 0 Å². The molecule has 2 heterocycles. The number of nitrogens with one attached hydrogen (secondary N) is 2. The van der Waals surface area contributed by atoms with Gasteiger partial charge in [0.2, 0.25) is 5.95 Å². The number of fused-ring (bicyclic) bond motifs is 1. The molecule has 1 aromatic carbocycles. The summed E-state index contributed by atoms with van der Waals surface area (Å²) in [5, 5.41) is 2.91. The molecule has 130 valence electrons. The van der Waals surface area contributed by atoms with Crippen molar-refractivity contribution in [2.75, 3.05) is 18.2 Å². The molecule has 3 rings (SSSR count). The predicted molar refractivity (Wildman–Crippen MR) is 84.8 cm³/mol. The molecule has 0 unspecified atom stereocenters. The van der Waals surface area contributed by atoms with Crippen LogP contribution >= 0.6 is 0 Å². The quantitative estimate of drug-likeness (QED) is 0.656. The Kier molecular flexibility index (Phi) is 3.95. The van der Waals surface area contributed by atoms with E-state index in [0.29, 0.717) is 22.8 Å². The van der Waals surface area contributed by atoms with Crippen LogP contribution in [0, 0.1) is 0 Å². The van der Waals surface area contributed by atoms with Gasteiger partial charge >= 0.3 is 12.3 Å². The van der Waals surface area contributed by atoms with Crippen LogP contribution in [0.4, 0.5) is 29.6 Å². The lowest BCUT2D eigenvalue weighted by Gasteiger charge is -2.11. The molecule has 0 fully saturated rings. The number of benzene rings is 1. The molecule has 7 nitrogen and oxygen atoms in total. The van der Waals surface area contributed by atoms with E-state index in [1.54, 1.807) is 18.2 Å². The minimum absolute atomic E-state index is 0.185. The summed E-state index contributed by atoms with van der Waals surface area (Å²) >= 11 is 0. The van der Waals surface area contributed by atoms with Crippen LogP contribution < -0.4 is 11.1 Å². The van der Waals surface area contributed by atoms with Crippen LogP contribution in [-0.2, 0) is 10.9 Å². The fourth-order valence-corrected chi connectivity index (χ4v) is 2.42. The van der Waals surface area contributed by atoms with E-state index in [1.807, 2.05) is 0 Å². The maximum absolute atomic E-state index is 13.3. The Bertz CT molecular complexity index is 952. The number of nitrogen functional groups attached to an aromatic ring is 1. The van der Waals surface area contributed by atoms with E-state index >= 15 is 0 Å². The maximum Gasteiger partial charge on any atom is 0.419 e. The smallest absolute Gasteiger partial charge is 0.419 e. The number of carbonyl (C=O) groups excluding carboxylic acids is 1. The second kappa shape index (κ2) is 5.96. The van der Waals surface area contributed by atoms with E-state index in [2.05, 4.69) is 25.0 Å². The van der Waals surface area contributed by atoms with Gasteiger partial charge in [0.15, 0.2) is 0 Å². The van der Waals surface area contributed by atoms with Gasteiger partial charge in [-0.25, -0.2) is 14.8 Å². The maximum atomic E-state index is 13.3. The number of hydrogen-bond acceptors (Lipinski definition) is 5. The van der Waals surface area contributed by atoms with Crippen molar-refractivity contribution in [1.29, 1.82) is 0 Å². The Morgan fingerprint density at radius 1 is 1.36 bits per heavy atom. The number of rotatable bonds is 2. The molecule has 0 saturated heterocycles. The van der Waals surface area contributed by atoms with Gasteiger partial charge in [-0.2, -0.15) is 13.2 Å². The first-order valence-electron chi connectivity index (χ1n) is 6.96. The Morgan fingerprint density at radius 3 is 2.80 bits per heavy atom. The van der Waals surface area contributed by atoms with Crippen molar-refractivity contribution >= 4 is 28.6 Å². The molecular formula is C15H12F3N5O2. The number of H-pyrrole nitrogens is 1. The number of para-hydroxylation sites is 1. The summed E-state index contributed by atoms with van der Waals surface area (Å²) in [5.41, 5.74) is 5.07. The molecule has 0 saturated carbocycles. The third kappa shape index (κ3) is 3.05. The summed E-state index contributed by atoms with van der Waals surface area (Å²) < 4.78 is 44.3. The summed E-state index contributed by atoms with van der Waals surface area (Å²) in [6.07, 6.45) is -3.34. The molecule has 0 aliphatic carbocycles. The van der Waals surface area contributed by atoms with Crippen LogP contribution in [0.25, 0.3) is 22.2 Å². The number of ether oxygens (including phenoxy) is 1. The van der Waals surface area contributed by atoms with Crippen molar-refractivity contribution in [3.8, 4) is 11.3 Å². The second-order valence-electron chi connectivity index (χ2n) is 5.04. The van der Waals surface area contributed by atoms with Gasteiger partial charge in [-0.1, -0.05) is 12.1 Å². The number of hydrogen-bond donors (Lipinski definition) is 3. The zero-order valence-electron chi connectivity index (χ0n) is 12.8. The number of carbonyl (C=O) groups is 1. The molecule has 25 heavy (non-hydrogen) atoms. The molecule has 4 N–H and O–H groups in total. The monoisotopic (exact) mass is 351 g/mol. The van der Waals surface area contributed by atoms with Gasteiger partial charge in [-0.05, 0) is 6.07 Å². The number of alkyl halides is 3. The van der Waals surface area contributed by atoms with Crippen LogP contribution in [0.15, 0.2) is 30.6 Å². The van der Waals surface area contributed by atoms with Crippen molar-refractivity contribution in [3.05, 3.63) is 36.2 Å². The summed E-state index contributed by atoms with van der Waals surface area (Å²) in [5.74, 6) is -0.277. The lowest BCUT2D eigenvalue weighted by atomic mass is 10.1. The third-order valence-electron chi connectivity index (χ3n) is 3.51. The van der Waals surface area contributed by atoms with E-state index in [-0.39, 0.29) is 17.2 Å². The Labute approximate surface area is 139 Å². The molecule has 0 atom stereocenters. The highest BCUT2D eigenvalue weighted by molar-refractivity contribution is 6.04. The van der Waals surface area contributed by atoms with Crippen molar-refractivity contribution in [3.63, 3.8) is 0 Å². The number of nitrogens with zero attached hydrogens (tertiary/aromatic N) is 2. The standard InChI is InChI=1S/C15H12F3N5O2/c1-25-14(24)22-10-4-2-3-7-8(5-20-12(7)10)11-9(15(16,17)18)6-21-13(19)23-11/h2-6,20H,1H3,(H,22,24)(H2,19,21,23). The SMILES string of the molecule is COC(=O)Nc1cccc2c(-c3nc(N)ncc3C(F)(F)F)c[nH]c12. The first kappa shape index (κ1) is 16.6. The highest BCUT2D eigenvalue weighted by atomic mass is 19.4. The highest BCUT2D eigenvalue weighted by Gasteiger charge is 2.36. The van der Waals surface area contributed by atoms with E-state index in [9.17, 15) is 18.0 Å². The number of methoxy groups -OCH3 is 1. The predicted octanol–water partition coefficient (Wildman–Crippen LogP) is 3.40. The molecule has 10 heteroatoms. The summed E-state index contributed by atoms with van der Waals surface area (Å²) in [4.78, 5) is 21.4. The van der Waals surface area contributed by atoms with E-state index < -0.39 is 17.8 Å². The van der Waals surface area contributed by atoms with Gasteiger partial charge in [-0.3, -0.25) is 5.32 Å². The van der Waals surface area contributed by atoms with E-state index in [4.69, 9.17) is 5.73 Å². The Hall–Kier alpha value is -3.30. The molecule has 0 radical (unpaired) electrons. The molecule has 3 aromatic rings. The number of amides is 1. The summed E-state index contributed by atoms with van der Waals surface area (Å²) in [7, 11) is 1.20. The van der Waals surface area contributed by atoms with Crippen LogP contribution in [-0.4, -0.2) is 28.2 Å². The average Bonchev–Trinajstić information content (AvgIpc) is 2.98. The van der Waals surface area contributed by atoms with Gasteiger partial charge < -0.3 is 15.5 Å². The first-order chi connectivity index (χ1) is 11.8. The molecular weight excluding hydrogens is 339 g/mol. The third-order valence-corrected chi connectivity index (χ3v) is 3.51. The van der Waals surface area contributed by atoms with Crippen molar-refractivity contribution in [2.24, 2.45) is 0 Å². The summed E-state index contributed by atoms with van der Waals surface area (Å²) in [6, 6.07) is 4.77. The highest BCUT2D eigenvalue weighted by Crippen LogP contribution is 2.39. The molecule has 0 aliphatic heterocycles. The van der Waals surface area contributed by atoms with Gasteiger partial charge in [0.1, 0.15) is 5.56 Å². The van der Waals surface area contributed by atoms with E-state index in [1.165, 1.54) is 13.3 Å². The molecule has 0 bridgehead atoms. The summed E-state index contributed by atoms with van der Waals surface area (Å²) in [6.45, 7) is 0. The molecule has 0 aliphatic rings. The number of anilines is 2. The molecule has 1 amide bonds. The number of aromatic amines is 1. The lowest BCUT2D eigenvalue weighted by Crippen LogP contribution is -2.11. The first-order valence-corrected chi connectivity index (χ1v) is 6.96. The van der Waals surface area contributed by atoms with Crippen molar-refractivity contribution in [2.45, 2.75) is 6.18 Å². The fraction of sp³-hybridized carbons (Fsp3) is 0.133. The van der Waals surface area contributed by atoms with Gasteiger partial charge in [0, 0.05) is 23.3 Å². The number of halogens is 3. The van der Waals surface area contributed by atoms with Crippen molar-refractivity contribution in [1.82, 2.24) is 15.0 Å². The Balaban J connectivity index is 2.20. The average molecular weight is 351 g/mol. The van der Waals surface area contributed by atoms with Crippen LogP contribution in [0.3, 0.4) is 0 Å². The topological polar surface area (TPSA) is 106 Å². The minimum Gasteiger partial charge on any atom is -0.453 e. The van der Waals surface area contributed by atoms with Gasteiger partial charge in [0.25, 0.3) is 0 Å². The molecule has 2 aromatic heterocycles. The zero-order chi connectivity index (χ0) is 18.2. The fourth-order valence-electron chi connectivity index (χ4n) is 2.42.